The summed E-state index contributed by atoms with van der Waals surface area (Å²) in [5.74, 6) is -2.59. The molecule has 3 amide bonds. The molecule has 0 saturated carbocycles. The van der Waals surface area contributed by atoms with Crippen molar-refractivity contribution in [2.45, 2.75) is 85.2 Å². The number of alkyl carbamates (subject to hydrolysis) is 3. The maximum Gasteiger partial charge on any atom is 0.408 e. The van der Waals surface area contributed by atoms with Gasteiger partial charge in [-0.15, -0.1) is 0 Å². The van der Waals surface area contributed by atoms with Gasteiger partial charge in [-0.1, -0.05) is 0 Å². The molecule has 0 spiro atoms. The van der Waals surface area contributed by atoms with Gasteiger partial charge in [-0.25, -0.2) is 27.6 Å². The molecule has 37 heavy (non-hydrogen) atoms. The predicted octanol–water partition coefficient (Wildman–Crippen LogP) is 1.65. The number of nitrogens with one attached hydrogen (secondary N) is 3. The maximum atomic E-state index is 13.1. The number of amides is 3. The summed E-state index contributed by atoms with van der Waals surface area (Å²) >= 11 is 0. The molecule has 0 aromatic rings. The fourth-order valence-corrected chi connectivity index (χ4v) is 4.12. The SMILES string of the molecule is CC(C)(C)OC(=O)NCCN(CCNC(=O)OC(C)(C)C)S(=O)(=O)C[C@H](NC(=O)OC(C)(C)C)C(=O)O. The summed E-state index contributed by atoms with van der Waals surface area (Å²) < 4.78 is 42.3. The molecule has 0 heterocycles. The number of hydrogen-bond donors (Lipinski definition) is 4. The smallest absolute Gasteiger partial charge is 0.408 e. The third-order valence-corrected chi connectivity index (χ3v) is 5.73. The lowest BCUT2D eigenvalue weighted by Gasteiger charge is -2.26. The van der Waals surface area contributed by atoms with Gasteiger partial charge in [0.05, 0.1) is 5.75 Å². The average Bonchev–Trinajstić information content (AvgIpc) is 2.61. The molecule has 0 radical (unpaired) electrons. The highest BCUT2D eigenvalue weighted by Crippen LogP contribution is 2.10. The zero-order valence-electron chi connectivity index (χ0n) is 23.1. The molecule has 15 heteroatoms. The van der Waals surface area contributed by atoms with Crippen LogP contribution in [0.3, 0.4) is 0 Å². The molecular formula is C22H42N4O10S. The van der Waals surface area contributed by atoms with Crippen LogP contribution in [0.15, 0.2) is 0 Å². The third-order valence-electron chi connectivity index (χ3n) is 3.82. The second-order valence-electron chi connectivity index (χ2n) is 11.1. The van der Waals surface area contributed by atoms with E-state index in [2.05, 4.69) is 10.6 Å². The molecule has 4 N–H and O–H groups in total. The number of rotatable bonds is 11. The van der Waals surface area contributed by atoms with Crippen molar-refractivity contribution in [3.63, 3.8) is 0 Å². The van der Waals surface area contributed by atoms with Crippen molar-refractivity contribution in [3.05, 3.63) is 0 Å². The number of sulfonamides is 1. The number of carboxylic acid groups (broad SMARTS) is 1. The Morgan fingerprint density at radius 1 is 0.730 bits per heavy atom. The number of carbonyl (C=O) groups excluding carboxylic acids is 3. The Labute approximate surface area is 218 Å². The molecule has 0 rings (SSSR count). The van der Waals surface area contributed by atoms with Crippen LogP contribution < -0.4 is 16.0 Å². The van der Waals surface area contributed by atoms with Gasteiger partial charge < -0.3 is 35.3 Å². The molecule has 14 nitrogen and oxygen atoms in total. The molecule has 0 aliphatic carbocycles. The highest BCUT2D eigenvalue weighted by Gasteiger charge is 2.32. The molecule has 0 aromatic heterocycles. The Balaban J connectivity index is 5.48. The molecule has 0 aliphatic heterocycles. The first-order chi connectivity index (χ1) is 16.5. The van der Waals surface area contributed by atoms with Gasteiger partial charge >= 0.3 is 24.2 Å². The van der Waals surface area contributed by atoms with Gasteiger partial charge in [-0.2, -0.15) is 4.31 Å². The molecule has 0 unspecified atom stereocenters. The van der Waals surface area contributed by atoms with Crippen LogP contribution in [0, 0.1) is 0 Å². The van der Waals surface area contributed by atoms with Crippen molar-refractivity contribution in [2.24, 2.45) is 0 Å². The van der Waals surface area contributed by atoms with E-state index >= 15 is 0 Å². The first-order valence-corrected chi connectivity index (χ1v) is 13.3. The monoisotopic (exact) mass is 554 g/mol. The van der Waals surface area contributed by atoms with E-state index in [1.165, 1.54) is 0 Å². The summed E-state index contributed by atoms with van der Waals surface area (Å²) in [6.45, 7) is 13.8. The Kier molecular flexibility index (Phi) is 12.6. The Morgan fingerprint density at radius 3 is 1.41 bits per heavy atom. The topological polar surface area (TPSA) is 190 Å². The van der Waals surface area contributed by atoms with Crippen LogP contribution in [0.2, 0.25) is 0 Å². The van der Waals surface area contributed by atoms with Crippen molar-refractivity contribution >= 4 is 34.3 Å². The first-order valence-electron chi connectivity index (χ1n) is 11.6. The molecular weight excluding hydrogens is 512 g/mol. The minimum Gasteiger partial charge on any atom is -0.480 e. The average molecular weight is 555 g/mol. The third kappa shape index (κ3) is 17.3. The minimum atomic E-state index is -4.32. The highest BCUT2D eigenvalue weighted by molar-refractivity contribution is 7.89. The van der Waals surface area contributed by atoms with Crippen LogP contribution in [-0.2, 0) is 29.0 Å². The molecule has 1 atom stereocenters. The number of carboxylic acids is 1. The normalized spacial score (nSPS) is 13.4. The number of nitrogens with zero attached hydrogens (tertiary/aromatic N) is 1. The van der Waals surface area contributed by atoms with Gasteiger partial charge in [0.15, 0.2) is 0 Å². The van der Waals surface area contributed by atoms with Crippen molar-refractivity contribution in [1.29, 1.82) is 0 Å². The standard InChI is InChI=1S/C22H42N4O10S/c1-20(2,3)34-17(29)23-10-12-26(13-11-24-18(30)35-21(4,5)6)37(32,33)14-15(16(27)28)25-19(31)36-22(7,8)9/h15H,10-14H2,1-9H3,(H,23,29)(H,24,30)(H,25,31)(H,27,28)/t15-/m0/s1. The van der Waals surface area contributed by atoms with Crippen LogP contribution >= 0.6 is 0 Å². The fraction of sp³-hybridized carbons (Fsp3) is 0.818. The van der Waals surface area contributed by atoms with Crippen molar-refractivity contribution in [2.75, 3.05) is 31.9 Å². The fourth-order valence-electron chi connectivity index (χ4n) is 2.52. The summed E-state index contributed by atoms with van der Waals surface area (Å²) in [5, 5.41) is 16.4. The Morgan fingerprint density at radius 2 is 1.08 bits per heavy atom. The lowest BCUT2D eigenvalue weighted by Crippen LogP contribution is -2.51. The van der Waals surface area contributed by atoms with Crippen LogP contribution in [-0.4, -0.2) is 96.9 Å². The van der Waals surface area contributed by atoms with Crippen molar-refractivity contribution in [1.82, 2.24) is 20.3 Å². The zero-order chi connectivity index (χ0) is 29.2. The van der Waals surface area contributed by atoms with E-state index < -0.39 is 62.9 Å². The van der Waals surface area contributed by atoms with Crippen LogP contribution in [0.4, 0.5) is 14.4 Å². The van der Waals surface area contributed by atoms with E-state index in [-0.39, 0.29) is 26.2 Å². The molecule has 216 valence electrons. The van der Waals surface area contributed by atoms with E-state index in [0.717, 1.165) is 4.31 Å². The Hall–Kier alpha value is -2.81. The number of carbonyl (C=O) groups is 4. The summed E-state index contributed by atoms with van der Waals surface area (Å²) in [6, 6.07) is -1.82. The predicted molar refractivity (Wildman–Crippen MR) is 135 cm³/mol. The molecule has 0 saturated heterocycles. The van der Waals surface area contributed by atoms with Gasteiger partial charge in [0.2, 0.25) is 10.0 Å². The Bertz CT molecular complexity index is 868. The van der Waals surface area contributed by atoms with E-state index in [1.54, 1.807) is 62.3 Å². The number of aliphatic carboxylic acids is 1. The van der Waals surface area contributed by atoms with Gasteiger partial charge in [0.1, 0.15) is 22.8 Å². The van der Waals surface area contributed by atoms with Crippen LogP contribution in [0.1, 0.15) is 62.3 Å². The van der Waals surface area contributed by atoms with E-state index in [4.69, 9.17) is 14.2 Å². The van der Waals surface area contributed by atoms with Crippen LogP contribution in [0.5, 0.6) is 0 Å². The summed E-state index contributed by atoms with van der Waals surface area (Å²) in [4.78, 5) is 47.5. The minimum absolute atomic E-state index is 0.169. The summed E-state index contributed by atoms with van der Waals surface area (Å²) in [7, 11) is -4.32. The van der Waals surface area contributed by atoms with E-state index in [0.29, 0.717) is 0 Å². The van der Waals surface area contributed by atoms with Gasteiger partial charge in [-0.3, -0.25) is 0 Å². The molecule has 0 aliphatic rings. The van der Waals surface area contributed by atoms with Crippen LogP contribution in [0.25, 0.3) is 0 Å². The van der Waals surface area contributed by atoms with Crippen molar-refractivity contribution < 1.29 is 46.9 Å². The lowest BCUT2D eigenvalue weighted by molar-refractivity contribution is -0.138. The zero-order valence-corrected chi connectivity index (χ0v) is 23.9. The second-order valence-corrected chi connectivity index (χ2v) is 13.1. The second kappa shape index (κ2) is 13.7. The van der Waals surface area contributed by atoms with Crippen molar-refractivity contribution in [3.8, 4) is 0 Å². The van der Waals surface area contributed by atoms with Gasteiger partial charge in [0, 0.05) is 26.2 Å². The van der Waals surface area contributed by atoms with E-state index in [1.807, 2.05) is 5.32 Å². The molecule has 0 bridgehead atoms. The quantitative estimate of drug-likeness (QED) is 0.273. The largest absolute Gasteiger partial charge is 0.480 e. The number of ether oxygens (including phenoxy) is 3. The van der Waals surface area contributed by atoms with Gasteiger partial charge in [0.25, 0.3) is 0 Å². The summed E-state index contributed by atoms with van der Waals surface area (Å²) in [5.41, 5.74) is -2.47. The molecule has 0 aromatic carbocycles. The van der Waals surface area contributed by atoms with Gasteiger partial charge in [-0.05, 0) is 62.3 Å². The summed E-state index contributed by atoms with van der Waals surface area (Å²) in [6.07, 6.45) is -2.64. The van der Waals surface area contributed by atoms with E-state index in [9.17, 15) is 32.7 Å². The highest BCUT2D eigenvalue weighted by atomic mass is 32.2. The first kappa shape index (κ1) is 34.2. The maximum absolute atomic E-state index is 13.1. The lowest BCUT2D eigenvalue weighted by atomic mass is 10.2. The number of hydrogen-bond acceptors (Lipinski definition) is 9. The molecule has 0 fully saturated rings.